The van der Waals surface area contributed by atoms with Crippen molar-refractivity contribution in [2.45, 2.75) is 12.6 Å². The maximum absolute atomic E-state index is 13.7. The molecule has 2 aromatic heterocycles. The molecule has 4 rings (SSSR count). The van der Waals surface area contributed by atoms with Gasteiger partial charge >= 0.3 is 6.18 Å². The standard InChI is InChI=1S/C21H16ClF3N4O2S2/c22-15-9-7-14(8-10-15)11-13-33(30,31)28-20-27-26-19(18-6-3-12-32-18)29(20)17-5-2-1-4-16(17)21(23,24)25/h1-10,12H,11,13H2,(H,27,28). The predicted molar refractivity (Wildman–Crippen MR) is 122 cm³/mol. The molecule has 0 radical (unpaired) electrons. The van der Waals surface area contributed by atoms with Crippen molar-refractivity contribution in [3.63, 3.8) is 0 Å². The van der Waals surface area contributed by atoms with Crippen LogP contribution in [0.25, 0.3) is 16.4 Å². The Kier molecular flexibility index (Phi) is 6.46. The highest BCUT2D eigenvalue weighted by atomic mass is 35.5. The van der Waals surface area contributed by atoms with Gasteiger partial charge in [-0.1, -0.05) is 41.9 Å². The predicted octanol–water partition coefficient (Wildman–Crippen LogP) is 5.65. The third-order valence-electron chi connectivity index (χ3n) is 4.67. The maximum atomic E-state index is 13.7. The smallest absolute Gasteiger partial charge is 0.259 e. The van der Waals surface area contributed by atoms with Gasteiger partial charge in [-0.05, 0) is 47.7 Å². The summed E-state index contributed by atoms with van der Waals surface area (Å²) >= 11 is 7.09. The minimum Gasteiger partial charge on any atom is -0.259 e. The summed E-state index contributed by atoms with van der Waals surface area (Å²) in [6.45, 7) is 0. The van der Waals surface area contributed by atoms with E-state index in [9.17, 15) is 21.6 Å². The van der Waals surface area contributed by atoms with Crippen LogP contribution < -0.4 is 4.72 Å². The van der Waals surface area contributed by atoms with E-state index in [0.29, 0.717) is 9.90 Å². The van der Waals surface area contributed by atoms with Crippen molar-refractivity contribution >= 4 is 38.9 Å². The Labute approximate surface area is 196 Å². The zero-order chi connectivity index (χ0) is 23.6. The van der Waals surface area contributed by atoms with Crippen LogP contribution in [0, 0.1) is 0 Å². The van der Waals surface area contributed by atoms with Crippen LogP contribution in [0.5, 0.6) is 0 Å². The number of aryl methyl sites for hydroxylation is 1. The highest BCUT2D eigenvalue weighted by molar-refractivity contribution is 7.92. The molecule has 0 aliphatic rings. The van der Waals surface area contributed by atoms with Gasteiger partial charge in [-0.3, -0.25) is 9.29 Å². The van der Waals surface area contributed by atoms with E-state index in [1.807, 2.05) is 0 Å². The summed E-state index contributed by atoms with van der Waals surface area (Å²) in [6.07, 6.45) is -4.49. The molecule has 0 aliphatic carbocycles. The van der Waals surface area contributed by atoms with Gasteiger partial charge in [0.15, 0.2) is 5.82 Å². The van der Waals surface area contributed by atoms with Crippen LogP contribution >= 0.6 is 22.9 Å². The molecule has 0 unspecified atom stereocenters. The summed E-state index contributed by atoms with van der Waals surface area (Å²) in [7, 11) is -3.96. The number of thiophene rings is 1. The number of nitrogens with zero attached hydrogens (tertiary/aromatic N) is 3. The summed E-state index contributed by atoms with van der Waals surface area (Å²) in [6, 6.07) is 14.9. The zero-order valence-corrected chi connectivity index (χ0v) is 19.1. The number of nitrogens with one attached hydrogen (secondary N) is 1. The molecule has 0 aliphatic heterocycles. The van der Waals surface area contributed by atoms with Gasteiger partial charge in [0.05, 0.1) is 21.9 Å². The normalized spacial score (nSPS) is 12.1. The van der Waals surface area contributed by atoms with Crippen LogP contribution in [0.1, 0.15) is 11.1 Å². The first kappa shape index (κ1) is 23.3. The van der Waals surface area contributed by atoms with Crippen LogP contribution in [0.2, 0.25) is 5.02 Å². The maximum Gasteiger partial charge on any atom is 0.418 e. The fourth-order valence-electron chi connectivity index (χ4n) is 3.15. The van der Waals surface area contributed by atoms with E-state index >= 15 is 0 Å². The van der Waals surface area contributed by atoms with E-state index in [4.69, 9.17) is 11.6 Å². The number of halogens is 4. The molecule has 33 heavy (non-hydrogen) atoms. The average Bonchev–Trinajstić information content (AvgIpc) is 3.42. The number of para-hydroxylation sites is 1. The summed E-state index contributed by atoms with van der Waals surface area (Å²) in [4.78, 5) is 0.533. The van der Waals surface area contributed by atoms with Gasteiger partial charge in [0.1, 0.15) is 0 Å². The summed E-state index contributed by atoms with van der Waals surface area (Å²) < 4.78 is 70.1. The van der Waals surface area contributed by atoms with E-state index in [1.165, 1.54) is 29.5 Å². The molecule has 1 N–H and O–H groups in total. The van der Waals surface area contributed by atoms with Crippen molar-refractivity contribution in [3.8, 4) is 16.4 Å². The van der Waals surface area contributed by atoms with Gasteiger partial charge in [0.25, 0.3) is 0 Å². The van der Waals surface area contributed by atoms with Crippen molar-refractivity contribution in [1.82, 2.24) is 14.8 Å². The lowest BCUT2D eigenvalue weighted by Crippen LogP contribution is -2.21. The number of benzene rings is 2. The third kappa shape index (κ3) is 5.37. The molecule has 0 fully saturated rings. The molecule has 0 atom stereocenters. The first-order chi connectivity index (χ1) is 15.6. The van der Waals surface area contributed by atoms with Crippen molar-refractivity contribution in [1.29, 1.82) is 0 Å². The van der Waals surface area contributed by atoms with Gasteiger partial charge in [0.2, 0.25) is 16.0 Å². The Bertz CT molecular complexity index is 1350. The number of alkyl halides is 3. The van der Waals surface area contributed by atoms with Gasteiger partial charge in [-0.15, -0.1) is 21.5 Å². The highest BCUT2D eigenvalue weighted by Crippen LogP contribution is 2.37. The van der Waals surface area contributed by atoms with E-state index < -0.39 is 21.8 Å². The molecule has 2 aromatic carbocycles. The Hall–Kier alpha value is -2.89. The van der Waals surface area contributed by atoms with Crippen molar-refractivity contribution in [2.24, 2.45) is 0 Å². The fourth-order valence-corrected chi connectivity index (χ4v) is 4.99. The van der Waals surface area contributed by atoms with Gasteiger partial charge in [-0.2, -0.15) is 13.2 Å². The molecule has 2 heterocycles. The molecule has 0 saturated carbocycles. The van der Waals surface area contributed by atoms with E-state index in [0.717, 1.165) is 16.2 Å². The van der Waals surface area contributed by atoms with Crippen LogP contribution in [-0.2, 0) is 22.6 Å². The summed E-state index contributed by atoms with van der Waals surface area (Å²) in [5.74, 6) is -0.542. The third-order valence-corrected chi connectivity index (χ3v) is 7.03. The second-order valence-electron chi connectivity index (χ2n) is 6.97. The van der Waals surface area contributed by atoms with Crippen LogP contribution in [-0.4, -0.2) is 28.9 Å². The molecule has 12 heteroatoms. The van der Waals surface area contributed by atoms with Crippen molar-refractivity contribution < 1.29 is 21.6 Å². The lowest BCUT2D eigenvalue weighted by Gasteiger charge is -2.17. The SMILES string of the molecule is O=S(=O)(CCc1ccc(Cl)cc1)Nc1nnc(-c2cccs2)n1-c1ccccc1C(F)(F)F. The molecular formula is C21H16ClF3N4O2S2. The Balaban J connectivity index is 1.72. The minimum absolute atomic E-state index is 0.0945. The first-order valence-electron chi connectivity index (χ1n) is 9.55. The topological polar surface area (TPSA) is 76.9 Å². The number of hydrogen-bond donors (Lipinski definition) is 1. The number of sulfonamides is 1. The largest absolute Gasteiger partial charge is 0.418 e. The summed E-state index contributed by atoms with van der Waals surface area (Å²) in [5.41, 5.74) is -0.481. The van der Waals surface area contributed by atoms with Gasteiger partial charge in [-0.25, -0.2) is 8.42 Å². The quantitative estimate of drug-likeness (QED) is 0.347. The molecule has 0 bridgehead atoms. The number of aromatic nitrogens is 3. The Morgan fingerprint density at radius 2 is 1.73 bits per heavy atom. The van der Waals surface area contributed by atoms with Gasteiger partial charge < -0.3 is 0 Å². The monoisotopic (exact) mass is 512 g/mol. The highest BCUT2D eigenvalue weighted by Gasteiger charge is 2.35. The summed E-state index contributed by atoms with van der Waals surface area (Å²) in [5, 5.41) is 10.1. The van der Waals surface area contributed by atoms with E-state index in [2.05, 4.69) is 14.9 Å². The number of anilines is 1. The van der Waals surface area contributed by atoms with Crippen LogP contribution in [0.15, 0.2) is 66.0 Å². The molecule has 6 nitrogen and oxygen atoms in total. The van der Waals surface area contributed by atoms with E-state index in [-0.39, 0.29) is 29.6 Å². The lowest BCUT2D eigenvalue weighted by molar-refractivity contribution is -0.137. The average molecular weight is 513 g/mol. The number of hydrogen-bond acceptors (Lipinski definition) is 5. The van der Waals surface area contributed by atoms with Crippen molar-refractivity contribution in [2.75, 3.05) is 10.5 Å². The molecule has 0 amide bonds. The van der Waals surface area contributed by atoms with Gasteiger partial charge in [0, 0.05) is 5.02 Å². The van der Waals surface area contributed by atoms with E-state index in [1.54, 1.807) is 41.8 Å². The molecule has 0 spiro atoms. The zero-order valence-electron chi connectivity index (χ0n) is 16.8. The second kappa shape index (κ2) is 9.16. The second-order valence-corrected chi connectivity index (χ2v) is 10.2. The Morgan fingerprint density at radius 3 is 2.39 bits per heavy atom. The number of rotatable bonds is 7. The lowest BCUT2D eigenvalue weighted by atomic mass is 10.1. The molecular weight excluding hydrogens is 497 g/mol. The molecule has 172 valence electrons. The first-order valence-corrected chi connectivity index (χ1v) is 12.5. The Morgan fingerprint density at radius 1 is 1.00 bits per heavy atom. The molecule has 4 aromatic rings. The fraction of sp³-hybridized carbons (Fsp3) is 0.143. The van der Waals surface area contributed by atoms with Crippen LogP contribution in [0.4, 0.5) is 19.1 Å². The van der Waals surface area contributed by atoms with Crippen LogP contribution in [0.3, 0.4) is 0 Å². The van der Waals surface area contributed by atoms with Crippen molar-refractivity contribution in [3.05, 3.63) is 82.2 Å². The minimum atomic E-state index is -4.67. The molecule has 0 saturated heterocycles.